The number of carbonyl (C=O) groups excluding carboxylic acids is 1. The lowest BCUT2D eigenvalue weighted by Crippen LogP contribution is -2.06. The molecule has 0 aromatic carbocycles. The SMILES string of the molecule is CC.CC.CCCCNC.O=CCCCCCO. The molecule has 0 aliphatic rings. The molecule has 0 aromatic rings. The molecule has 0 rings (SSSR count). The molecule has 0 fully saturated rings. The monoisotopic (exact) mass is 263 g/mol. The van der Waals surface area contributed by atoms with Crippen LogP contribution < -0.4 is 5.32 Å². The fourth-order valence-electron chi connectivity index (χ4n) is 0.870. The predicted molar refractivity (Wildman–Crippen MR) is 83.1 cm³/mol. The Labute approximate surface area is 115 Å². The van der Waals surface area contributed by atoms with Crippen LogP contribution in [0.3, 0.4) is 0 Å². The molecule has 0 amide bonds. The molecule has 3 heteroatoms. The van der Waals surface area contributed by atoms with Gasteiger partial charge in [-0.05, 0) is 32.9 Å². The number of rotatable bonds is 8. The van der Waals surface area contributed by atoms with Crippen molar-refractivity contribution in [2.45, 2.75) is 73.1 Å². The summed E-state index contributed by atoms with van der Waals surface area (Å²) in [5.74, 6) is 0. The molecule has 0 atom stereocenters. The molecular weight excluding hydrogens is 226 g/mol. The van der Waals surface area contributed by atoms with E-state index in [1.54, 1.807) is 0 Å². The van der Waals surface area contributed by atoms with Gasteiger partial charge in [0.05, 0.1) is 0 Å². The number of unbranched alkanes of at least 4 members (excludes halogenated alkanes) is 4. The van der Waals surface area contributed by atoms with Crippen LogP contribution in [0.15, 0.2) is 0 Å². The second-order valence-electron chi connectivity index (χ2n) is 3.20. The first-order valence-electron chi connectivity index (χ1n) is 7.52. The summed E-state index contributed by atoms with van der Waals surface area (Å²) in [4.78, 5) is 9.71. The van der Waals surface area contributed by atoms with Gasteiger partial charge in [-0.15, -0.1) is 0 Å². The van der Waals surface area contributed by atoms with Gasteiger partial charge in [-0.25, -0.2) is 0 Å². The molecule has 2 N–H and O–H groups in total. The molecule has 114 valence electrons. The third-order valence-corrected chi connectivity index (χ3v) is 1.76. The molecule has 0 aliphatic carbocycles. The average Bonchev–Trinajstić information content (AvgIpc) is 2.46. The highest BCUT2D eigenvalue weighted by atomic mass is 16.2. The van der Waals surface area contributed by atoms with Crippen LogP contribution in [0.1, 0.15) is 73.1 Å². The van der Waals surface area contributed by atoms with Crippen LogP contribution in [0.5, 0.6) is 0 Å². The van der Waals surface area contributed by atoms with Crippen molar-refractivity contribution in [3.63, 3.8) is 0 Å². The number of carbonyl (C=O) groups is 1. The lowest BCUT2D eigenvalue weighted by atomic mass is 10.2. The van der Waals surface area contributed by atoms with Gasteiger partial charge in [0.2, 0.25) is 0 Å². The normalized spacial score (nSPS) is 7.72. The Morgan fingerprint density at radius 3 is 1.83 bits per heavy atom. The summed E-state index contributed by atoms with van der Waals surface area (Å²) < 4.78 is 0. The molecule has 0 saturated heterocycles. The van der Waals surface area contributed by atoms with Gasteiger partial charge in [0.25, 0.3) is 0 Å². The van der Waals surface area contributed by atoms with E-state index in [2.05, 4.69) is 12.2 Å². The van der Waals surface area contributed by atoms with Crippen LogP contribution in [-0.2, 0) is 4.79 Å². The molecular formula is C15H37NO2. The Morgan fingerprint density at radius 1 is 1.00 bits per heavy atom. The summed E-state index contributed by atoms with van der Waals surface area (Å²) in [6, 6.07) is 0. The van der Waals surface area contributed by atoms with Crippen LogP contribution >= 0.6 is 0 Å². The highest BCUT2D eigenvalue weighted by Crippen LogP contribution is 1.95. The first-order chi connectivity index (χ1) is 8.83. The lowest BCUT2D eigenvalue weighted by Gasteiger charge is -1.90. The summed E-state index contributed by atoms with van der Waals surface area (Å²) in [5.41, 5.74) is 0. The Bertz CT molecular complexity index is 94.5. The standard InChI is InChI=1S/C6H12O2.C5H13N.2C2H6/c7-5-3-1-2-4-6-8;1-3-4-5-6-2;2*1-2/h5,8H,1-4,6H2;6H,3-5H2,1-2H3;2*1-2H3. The number of aliphatic hydroxyl groups excluding tert-OH is 1. The highest BCUT2D eigenvalue weighted by Gasteiger charge is 1.84. The summed E-state index contributed by atoms with van der Waals surface area (Å²) in [5, 5.41) is 11.3. The summed E-state index contributed by atoms with van der Waals surface area (Å²) in [7, 11) is 1.98. The minimum absolute atomic E-state index is 0.249. The van der Waals surface area contributed by atoms with Crippen molar-refractivity contribution < 1.29 is 9.90 Å². The van der Waals surface area contributed by atoms with Gasteiger partial charge in [0.1, 0.15) is 6.29 Å². The minimum atomic E-state index is 0.249. The minimum Gasteiger partial charge on any atom is -0.396 e. The van der Waals surface area contributed by atoms with E-state index in [9.17, 15) is 4.79 Å². The third kappa shape index (κ3) is 57.6. The molecule has 0 unspecified atom stereocenters. The van der Waals surface area contributed by atoms with E-state index in [0.717, 1.165) is 32.1 Å². The van der Waals surface area contributed by atoms with Gasteiger partial charge >= 0.3 is 0 Å². The Morgan fingerprint density at radius 2 is 1.56 bits per heavy atom. The topological polar surface area (TPSA) is 49.3 Å². The maximum Gasteiger partial charge on any atom is 0.119 e. The summed E-state index contributed by atoms with van der Waals surface area (Å²) in [6.07, 6.45) is 6.86. The zero-order chi connectivity index (χ0) is 15.1. The lowest BCUT2D eigenvalue weighted by molar-refractivity contribution is -0.107. The van der Waals surface area contributed by atoms with E-state index in [-0.39, 0.29) is 6.61 Å². The fraction of sp³-hybridized carbons (Fsp3) is 0.933. The zero-order valence-electron chi connectivity index (χ0n) is 13.6. The van der Waals surface area contributed by atoms with Crippen LogP contribution in [-0.4, -0.2) is 31.6 Å². The van der Waals surface area contributed by atoms with Crippen LogP contribution in [0, 0.1) is 0 Å². The third-order valence-electron chi connectivity index (χ3n) is 1.76. The van der Waals surface area contributed by atoms with E-state index in [0.29, 0.717) is 6.42 Å². The molecule has 0 aliphatic heterocycles. The summed E-state index contributed by atoms with van der Waals surface area (Å²) >= 11 is 0. The number of hydrogen-bond acceptors (Lipinski definition) is 3. The van der Waals surface area contributed by atoms with Crippen molar-refractivity contribution in [3.8, 4) is 0 Å². The van der Waals surface area contributed by atoms with Crippen molar-refractivity contribution >= 4 is 6.29 Å². The van der Waals surface area contributed by atoms with E-state index in [1.165, 1.54) is 12.8 Å². The quantitative estimate of drug-likeness (QED) is 0.517. The van der Waals surface area contributed by atoms with Crippen LogP contribution in [0.25, 0.3) is 0 Å². The average molecular weight is 263 g/mol. The summed E-state index contributed by atoms with van der Waals surface area (Å²) in [6.45, 7) is 11.6. The molecule has 18 heavy (non-hydrogen) atoms. The second-order valence-corrected chi connectivity index (χ2v) is 3.20. The van der Waals surface area contributed by atoms with Gasteiger partial charge in [-0.2, -0.15) is 0 Å². The van der Waals surface area contributed by atoms with Crippen molar-refractivity contribution in [2.24, 2.45) is 0 Å². The number of aldehydes is 1. The highest BCUT2D eigenvalue weighted by molar-refractivity contribution is 5.48. The van der Waals surface area contributed by atoms with Crippen molar-refractivity contribution in [3.05, 3.63) is 0 Å². The number of hydrogen-bond donors (Lipinski definition) is 2. The van der Waals surface area contributed by atoms with Gasteiger partial charge in [-0.1, -0.05) is 47.5 Å². The molecule has 0 heterocycles. The smallest absolute Gasteiger partial charge is 0.119 e. The molecule has 0 saturated carbocycles. The number of nitrogens with one attached hydrogen (secondary N) is 1. The van der Waals surface area contributed by atoms with E-state index in [4.69, 9.17) is 5.11 Å². The maximum absolute atomic E-state index is 9.71. The Kier molecular flexibility index (Phi) is 63.8. The molecule has 0 radical (unpaired) electrons. The molecule has 0 aromatic heterocycles. The molecule has 3 nitrogen and oxygen atoms in total. The predicted octanol–water partition coefficient (Wildman–Crippen LogP) is 3.80. The van der Waals surface area contributed by atoms with Gasteiger partial charge in [-0.3, -0.25) is 0 Å². The van der Waals surface area contributed by atoms with Crippen molar-refractivity contribution in [1.29, 1.82) is 0 Å². The van der Waals surface area contributed by atoms with Crippen LogP contribution in [0.2, 0.25) is 0 Å². The Balaban J connectivity index is -0.0000000869. The van der Waals surface area contributed by atoms with Gasteiger partial charge < -0.3 is 15.2 Å². The van der Waals surface area contributed by atoms with E-state index >= 15 is 0 Å². The largest absolute Gasteiger partial charge is 0.396 e. The first-order valence-corrected chi connectivity index (χ1v) is 7.52. The molecule has 0 spiro atoms. The number of aliphatic hydroxyl groups is 1. The zero-order valence-corrected chi connectivity index (χ0v) is 13.6. The van der Waals surface area contributed by atoms with Crippen molar-refractivity contribution in [2.75, 3.05) is 20.2 Å². The second kappa shape index (κ2) is 43.8. The van der Waals surface area contributed by atoms with Crippen molar-refractivity contribution in [1.82, 2.24) is 5.32 Å². The van der Waals surface area contributed by atoms with E-state index < -0.39 is 0 Å². The van der Waals surface area contributed by atoms with Crippen LogP contribution in [0.4, 0.5) is 0 Å². The van der Waals surface area contributed by atoms with E-state index in [1.807, 2.05) is 34.7 Å². The first kappa shape index (κ1) is 26.2. The fourth-order valence-corrected chi connectivity index (χ4v) is 0.870. The Hall–Kier alpha value is -0.410. The van der Waals surface area contributed by atoms with Gasteiger partial charge in [0, 0.05) is 13.0 Å². The molecule has 0 bridgehead atoms. The van der Waals surface area contributed by atoms with Gasteiger partial charge in [0.15, 0.2) is 0 Å². The maximum atomic E-state index is 9.71.